The molecule has 0 fully saturated rings. The van der Waals surface area contributed by atoms with Crippen LogP contribution < -0.4 is 5.32 Å². The van der Waals surface area contributed by atoms with Gasteiger partial charge in [0.15, 0.2) is 0 Å². The number of aryl methyl sites for hydroxylation is 2. The Morgan fingerprint density at radius 1 is 1.11 bits per heavy atom. The van der Waals surface area contributed by atoms with Crippen LogP contribution >= 0.6 is 0 Å². The molecule has 0 spiro atoms. The number of rotatable bonds is 7. The van der Waals surface area contributed by atoms with Gasteiger partial charge in [-0.25, -0.2) is 0 Å². The molecule has 0 amide bonds. The van der Waals surface area contributed by atoms with Gasteiger partial charge < -0.3 is 14.8 Å². The maximum Gasteiger partial charge on any atom is 0.0928 e. The lowest BCUT2D eigenvalue weighted by atomic mass is 10.0. The Morgan fingerprint density at radius 2 is 1.72 bits per heavy atom. The molecule has 102 valence electrons. The number of ether oxygens (including phenoxy) is 2. The van der Waals surface area contributed by atoms with E-state index in [0.717, 1.165) is 6.54 Å². The first-order chi connectivity index (χ1) is 8.56. The monoisotopic (exact) mass is 251 g/mol. The molecule has 1 rings (SSSR count). The van der Waals surface area contributed by atoms with Crippen molar-refractivity contribution in [3.63, 3.8) is 0 Å². The van der Waals surface area contributed by atoms with Crippen LogP contribution in [-0.4, -0.2) is 33.5 Å². The fourth-order valence-electron chi connectivity index (χ4n) is 2.08. The van der Waals surface area contributed by atoms with Crippen molar-refractivity contribution in [2.24, 2.45) is 0 Å². The molecule has 3 nitrogen and oxygen atoms in total. The van der Waals surface area contributed by atoms with Crippen molar-refractivity contribution in [1.29, 1.82) is 0 Å². The summed E-state index contributed by atoms with van der Waals surface area (Å²) in [5.41, 5.74) is 3.93. The minimum absolute atomic E-state index is 0.100. The Bertz CT molecular complexity index is 345. The van der Waals surface area contributed by atoms with Gasteiger partial charge in [-0.05, 0) is 26.3 Å². The smallest absolute Gasteiger partial charge is 0.0928 e. The molecule has 0 saturated heterocycles. The number of hydrogen-bond donors (Lipinski definition) is 1. The molecule has 0 aliphatic heterocycles. The zero-order chi connectivity index (χ0) is 13.5. The minimum Gasteiger partial charge on any atom is -0.382 e. The van der Waals surface area contributed by atoms with Crippen molar-refractivity contribution in [2.75, 3.05) is 27.4 Å². The van der Waals surface area contributed by atoms with E-state index in [4.69, 9.17) is 9.47 Å². The van der Waals surface area contributed by atoms with Crippen molar-refractivity contribution in [2.45, 2.75) is 32.9 Å². The average molecular weight is 251 g/mol. The Labute approximate surface area is 110 Å². The van der Waals surface area contributed by atoms with Crippen LogP contribution in [-0.2, 0) is 9.47 Å². The maximum atomic E-state index is 5.34. The molecule has 0 aliphatic carbocycles. The molecule has 0 aromatic heterocycles. The van der Waals surface area contributed by atoms with Crippen LogP contribution in [0.4, 0.5) is 0 Å². The van der Waals surface area contributed by atoms with Crippen LogP contribution in [0.1, 0.15) is 29.7 Å². The summed E-state index contributed by atoms with van der Waals surface area (Å²) in [7, 11) is 3.41. The summed E-state index contributed by atoms with van der Waals surface area (Å²) >= 11 is 0. The lowest BCUT2D eigenvalue weighted by Crippen LogP contribution is -2.33. The maximum absolute atomic E-state index is 5.34. The molecule has 2 atom stereocenters. The van der Waals surface area contributed by atoms with Gasteiger partial charge in [0.05, 0.1) is 12.7 Å². The molecular formula is C15H25NO2. The van der Waals surface area contributed by atoms with E-state index >= 15 is 0 Å². The summed E-state index contributed by atoms with van der Waals surface area (Å²) in [5.74, 6) is 0. The predicted octanol–water partition coefficient (Wildman–Crippen LogP) is 2.62. The molecular weight excluding hydrogens is 226 g/mol. The van der Waals surface area contributed by atoms with Gasteiger partial charge in [-0.1, -0.05) is 29.3 Å². The Hall–Kier alpha value is -0.900. The number of benzene rings is 1. The summed E-state index contributed by atoms with van der Waals surface area (Å²) in [6, 6.07) is 6.96. The third-order valence-electron chi connectivity index (χ3n) is 3.08. The van der Waals surface area contributed by atoms with Gasteiger partial charge in [0.25, 0.3) is 0 Å². The summed E-state index contributed by atoms with van der Waals surface area (Å²) in [4.78, 5) is 0. The second-order valence-electron chi connectivity index (χ2n) is 4.86. The lowest BCUT2D eigenvalue weighted by Gasteiger charge is -2.20. The van der Waals surface area contributed by atoms with Gasteiger partial charge in [-0.3, -0.25) is 0 Å². The molecule has 3 heteroatoms. The molecule has 0 aliphatic rings. The summed E-state index contributed by atoms with van der Waals surface area (Å²) in [6.45, 7) is 7.84. The van der Waals surface area contributed by atoms with E-state index < -0.39 is 0 Å². The zero-order valence-electron chi connectivity index (χ0n) is 12.1. The molecule has 1 aromatic carbocycles. The molecule has 1 N–H and O–H groups in total. The van der Waals surface area contributed by atoms with Crippen LogP contribution in [0.25, 0.3) is 0 Å². The van der Waals surface area contributed by atoms with Crippen molar-refractivity contribution in [3.8, 4) is 0 Å². The van der Waals surface area contributed by atoms with Gasteiger partial charge >= 0.3 is 0 Å². The summed E-state index contributed by atoms with van der Waals surface area (Å²) in [6.07, 6.45) is 0.100. The summed E-state index contributed by atoms with van der Waals surface area (Å²) in [5, 5.41) is 3.48. The fraction of sp³-hybridized carbons (Fsp3) is 0.600. The Balaban J connectivity index is 2.56. The van der Waals surface area contributed by atoms with E-state index in [1.165, 1.54) is 16.7 Å². The number of methoxy groups -OCH3 is 2. The largest absolute Gasteiger partial charge is 0.382 e. The molecule has 0 radical (unpaired) electrons. The first-order valence-corrected chi connectivity index (χ1v) is 6.40. The lowest BCUT2D eigenvalue weighted by molar-refractivity contribution is 0.0276. The highest BCUT2D eigenvalue weighted by molar-refractivity contribution is 5.30. The van der Waals surface area contributed by atoms with Crippen LogP contribution in [0, 0.1) is 13.8 Å². The number of hydrogen-bond acceptors (Lipinski definition) is 3. The SMILES string of the molecule is COCC(CNC(C)c1cc(C)cc(C)c1)OC. The van der Waals surface area contributed by atoms with Crippen molar-refractivity contribution in [1.82, 2.24) is 5.32 Å². The molecule has 0 bridgehead atoms. The molecule has 18 heavy (non-hydrogen) atoms. The molecule has 1 aromatic rings. The van der Waals surface area contributed by atoms with E-state index in [9.17, 15) is 0 Å². The van der Waals surface area contributed by atoms with E-state index in [1.54, 1.807) is 14.2 Å². The van der Waals surface area contributed by atoms with E-state index in [2.05, 4.69) is 44.3 Å². The van der Waals surface area contributed by atoms with Crippen molar-refractivity contribution >= 4 is 0 Å². The molecule has 2 unspecified atom stereocenters. The van der Waals surface area contributed by atoms with E-state index in [0.29, 0.717) is 12.6 Å². The third-order valence-corrected chi connectivity index (χ3v) is 3.08. The van der Waals surface area contributed by atoms with Gasteiger partial charge in [0, 0.05) is 26.8 Å². The van der Waals surface area contributed by atoms with Gasteiger partial charge in [-0.2, -0.15) is 0 Å². The first kappa shape index (κ1) is 15.2. The van der Waals surface area contributed by atoms with E-state index in [1.807, 2.05) is 0 Å². The van der Waals surface area contributed by atoms with E-state index in [-0.39, 0.29) is 6.10 Å². The second-order valence-corrected chi connectivity index (χ2v) is 4.86. The molecule has 0 heterocycles. The average Bonchev–Trinajstić information content (AvgIpc) is 2.32. The highest BCUT2D eigenvalue weighted by Crippen LogP contribution is 2.16. The topological polar surface area (TPSA) is 30.5 Å². The van der Waals surface area contributed by atoms with Crippen LogP contribution in [0.15, 0.2) is 18.2 Å². The first-order valence-electron chi connectivity index (χ1n) is 6.40. The van der Waals surface area contributed by atoms with Gasteiger partial charge in [0.2, 0.25) is 0 Å². The van der Waals surface area contributed by atoms with Crippen LogP contribution in [0.2, 0.25) is 0 Å². The second kappa shape index (κ2) is 7.52. The standard InChI is InChI=1S/C15H25NO2/c1-11-6-12(2)8-14(7-11)13(3)16-9-15(18-5)10-17-4/h6-8,13,15-16H,9-10H2,1-5H3. The third kappa shape index (κ3) is 4.77. The van der Waals surface area contributed by atoms with Gasteiger partial charge in [0.1, 0.15) is 0 Å². The van der Waals surface area contributed by atoms with Gasteiger partial charge in [-0.15, -0.1) is 0 Å². The quantitative estimate of drug-likeness (QED) is 0.808. The minimum atomic E-state index is 0.100. The van der Waals surface area contributed by atoms with Crippen molar-refractivity contribution in [3.05, 3.63) is 34.9 Å². The Kier molecular flexibility index (Phi) is 6.33. The molecule has 0 saturated carbocycles. The van der Waals surface area contributed by atoms with Crippen molar-refractivity contribution < 1.29 is 9.47 Å². The highest BCUT2D eigenvalue weighted by Gasteiger charge is 2.10. The highest BCUT2D eigenvalue weighted by atomic mass is 16.5. The van der Waals surface area contributed by atoms with Crippen LogP contribution in [0.5, 0.6) is 0 Å². The van der Waals surface area contributed by atoms with Crippen LogP contribution in [0.3, 0.4) is 0 Å². The Morgan fingerprint density at radius 3 is 2.22 bits per heavy atom. The fourth-order valence-corrected chi connectivity index (χ4v) is 2.08. The normalized spacial score (nSPS) is 14.5. The summed E-state index contributed by atoms with van der Waals surface area (Å²) < 4.78 is 10.4. The number of nitrogens with one attached hydrogen (secondary N) is 1. The predicted molar refractivity (Wildman–Crippen MR) is 75.0 cm³/mol. The zero-order valence-corrected chi connectivity index (χ0v) is 12.1.